The normalized spacial score (nSPS) is 12.3. The summed E-state index contributed by atoms with van der Waals surface area (Å²) in [5, 5.41) is 9.26. The number of imidazole rings is 1. The smallest absolute Gasteiger partial charge is 0.132 e. The first-order valence-electron chi connectivity index (χ1n) is 6.43. The molecular weight excluding hydrogens is 305 g/mol. The van der Waals surface area contributed by atoms with E-state index in [1.165, 1.54) is 0 Å². The van der Waals surface area contributed by atoms with Gasteiger partial charge < -0.3 is 0 Å². The third-order valence-corrected chi connectivity index (χ3v) is 3.76. The van der Waals surface area contributed by atoms with E-state index in [9.17, 15) is 0 Å². The first-order chi connectivity index (χ1) is 10.1. The van der Waals surface area contributed by atoms with Gasteiger partial charge in [-0.25, -0.2) is 4.98 Å². The van der Waals surface area contributed by atoms with Crippen molar-refractivity contribution in [1.29, 1.82) is 5.26 Å². The van der Waals surface area contributed by atoms with Crippen molar-refractivity contribution >= 4 is 34.2 Å². The molecule has 2 aromatic carbocycles. The van der Waals surface area contributed by atoms with E-state index in [4.69, 9.17) is 28.5 Å². The van der Waals surface area contributed by atoms with Crippen molar-refractivity contribution in [3.63, 3.8) is 0 Å². The number of benzene rings is 2. The molecule has 0 N–H and O–H groups in total. The zero-order chi connectivity index (χ0) is 15.0. The standard InChI is InChI=1S/C16H11Cl2N3/c1-10(17)16-20-14-4-2-3-13(18)15(14)21(16)12-7-5-11(9-19)6-8-12/h2-8,10H,1H3. The number of halogens is 2. The Hall–Kier alpha value is -2.02. The summed E-state index contributed by atoms with van der Waals surface area (Å²) in [6.45, 7) is 1.87. The Labute approximate surface area is 132 Å². The van der Waals surface area contributed by atoms with Crippen molar-refractivity contribution in [2.75, 3.05) is 0 Å². The van der Waals surface area contributed by atoms with Crippen molar-refractivity contribution < 1.29 is 0 Å². The monoisotopic (exact) mass is 315 g/mol. The van der Waals surface area contributed by atoms with E-state index in [2.05, 4.69) is 11.1 Å². The van der Waals surface area contributed by atoms with E-state index in [0.29, 0.717) is 10.6 Å². The fourth-order valence-corrected chi connectivity index (χ4v) is 2.72. The third kappa shape index (κ3) is 2.37. The Morgan fingerprint density at radius 1 is 1.19 bits per heavy atom. The summed E-state index contributed by atoms with van der Waals surface area (Å²) in [6, 6.07) is 15.0. The molecule has 0 saturated heterocycles. The molecule has 0 fully saturated rings. The van der Waals surface area contributed by atoms with Gasteiger partial charge >= 0.3 is 0 Å². The summed E-state index contributed by atoms with van der Waals surface area (Å²) in [4.78, 5) is 4.57. The predicted molar refractivity (Wildman–Crippen MR) is 85.1 cm³/mol. The van der Waals surface area contributed by atoms with Gasteiger partial charge in [0.2, 0.25) is 0 Å². The lowest BCUT2D eigenvalue weighted by molar-refractivity contribution is 0.882. The summed E-state index contributed by atoms with van der Waals surface area (Å²) in [5.74, 6) is 0.726. The molecule has 104 valence electrons. The number of hydrogen-bond acceptors (Lipinski definition) is 2. The van der Waals surface area contributed by atoms with E-state index in [1.807, 2.05) is 41.8 Å². The fourth-order valence-electron chi connectivity index (χ4n) is 2.32. The van der Waals surface area contributed by atoms with Crippen molar-refractivity contribution in [3.05, 3.63) is 58.9 Å². The molecular formula is C16H11Cl2N3. The number of para-hydroxylation sites is 1. The highest BCUT2D eigenvalue weighted by molar-refractivity contribution is 6.35. The summed E-state index contributed by atoms with van der Waals surface area (Å²) in [7, 11) is 0. The SMILES string of the molecule is CC(Cl)c1nc2cccc(Cl)c2n1-c1ccc(C#N)cc1. The van der Waals surface area contributed by atoms with Gasteiger partial charge in [-0.1, -0.05) is 17.7 Å². The van der Waals surface area contributed by atoms with Crippen LogP contribution in [0.3, 0.4) is 0 Å². The highest BCUT2D eigenvalue weighted by Gasteiger charge is 2.18. The largest absolute Gasteiger partial charge is 0.294 e. The minimum absolute atomic E-state index is 0.260. The van der Waals surface area contributed by atoms with Gasteiger partial charge in [0.15, 0.2) is 0 Å². The lowest BCUT2D eigenvalue weighted by Gasteiger charge is -2.11. The molecule has 0 saturated carbocycles. The molecule has 3 nitrogen and oxygen atoms in total. The molecule has 1 atom stereocenters. The average Bonchev–Trinajstić information content (AvgIpc) is 2.88. The summed E-state index contributed by atoms with van der Waals surface area (Å²) in [6.07, 6.45) is 0. The van der Waals surface area contributed by atoms with Gasteiger partial charge in [0.25, 0.3) is 0 Å². The van der Waals surface area contributed by atoms with Crippen LogP contribution < -0.4 is 0 Å². The first-order valence-corrected chi connectivity index (χ1v) is 7.24. The minimum Gasteiger partial charge on any atom is -0.294 e. The number of nitrogens with zero attached hydrogens (tertiary/aromatic N) is 3. The molecule has 0 aliphatic heterocycles. The van der Waals surface area contributed by atoms with Crippen LogP contribution in [-0.4, -0.2) is 9.55 Å². The minimum atomic E-state index is -0.260. The van der Waals surface area contributed by atoms with Gasteiger partial charge in [-0.15, -0.1) is 11.6 Å². The molecule has 0 aliphatic rings. The van der Waals surface area contributed by atoms with Crippen LogP contribution in [0.4, 0.5) is 0 Å². The Bertz CT molecular complexity index is 842. The molecule has 1 heterocycles. The van der Waals surface area contributed by atoms with Crippen LogP contribution in [-0.2, 0) is 0 Å². The van der Waals surface area contributed by atoms with E-state index in [0.717, 1.165) is 22.5 Å². The van der Waals surface area contributed by atoms with E-state index < -0.39 is 0 Å². The van der Waals surface area contributed by atoms with Crippen LogP contribution in [0.1, 0.15) is 23.7 Å². The number of aromatic nitrogens is 2. The molecule has 0 amide bonds. The van der Waals surface area contributed by atoms with Crippen molar-refractivity contribution in [1.82, 2.24) is 9.55 Å². The summed E-state index contributed by atoms with van der Waals surface area (Å²) in [5.41, 5.74) is 3.11. The van der Waals surface area contributed by atoms with Crippen LogP contribution in [0.25, 0.3) is 16.7 Å². The number of hydrogen-bond donors (Lipinski definition) is 0. The molecule has 3 rings (SSSR count). The highest BCUT2D eigenvalue weighted by Crippen LogP contribution is 2.32. The highest BCUT2D eigenvalue weighted by atomic mass is 35.5. The van der Waals surface area contributed by atoms with Crippen LogP contribution in [0.5, 0.6) is 0 Å². The number of nitriles is 1. The molecule has 1 unspecified atom stereocenters. The number of alkyl halides is 1. The third-order valence-electron chi connectivity index (χ3n) is 3.26. The maximum atomic E-state index is 8.91. The summed E-state index contributed by atoms with van der Waals surface area (Å²) < 4.78 is 1.94. The Kier molecular flexibility index (Phi) is 3.59. The quantitative estimate of drug-likeness (QED) is 0.634. The molecule has 3 aromatic rings. The van der Waals surface area contributed by atoms with Gasteiger partial charge in [-0.05, 0) is 43.3 Å². The summed E-state index contributed by atoms with van der Waals surface area (Å²) >= 11 is 12.6. The van der Waals surface area contributed by atoms with Crippen molar-refractivity contribution in [2.45, 2.75) is 12.3 Å². The van der Waals surface area contributed by atoms with E-state index >= 15 is 0 Å². The maximum Gasteiger partial charge on any atom is 0.132 e. The zero-order valence-electron chi connectivity index (χ0n) is 11.2. The molecule has 0 radical (unpaired) electrons. The van der Waals surface area contributed by atoms with Gasteiger partial charge in [-0.3, -0.25) is 4.57 Å². The molecule has 0 spiro atoms. The molecule has 0 bridgehead atoms. The van der Waals surface area contributed by atoms with Crippen LogP contribution in [0.15, 0.2) is 42.5 Å². The Morgan fingerprint density at radius 2 is 1.90 bits per heavy atom. The maximum absolute atomic E-state index is 8.91. The molecule has 21 heavy (non-hydrogen) atoms. The van der Waals surface area contributed by atoms with Crippen molar-refractivity contribution in [2.24, 2.45) is 0 Å². The second-order valence-electron chi connectivity index (χ2n) is 4.69. The van der Waals surface area contributed by atoms with Gasteiger partial charge in [-0.2, -0.15) is 5.26 Å². The van der Waals surface area contributed by atoms with E-state index in [1.54, 1.807) is 12.1 Å². The van der Waals surface area contributed by atoms with Crippen molar-refractivity contribution in [3.8, 4) is 11.8 Å². The van der Waals surface area contributed by atoms with Crippen LogP contribution in [0.2, 0.25) is 5.02 Å². The second kappa shape index (κ2) is 5.40. The first kappa shape index (κ1) is 13.9. The van der Waals surface area contributed by atoms with Crippen LogP contribution in [0, 0.1) is 11.3 Å². The lowest BCUT2D eigenvalue weighted by Crippen LogP contribution is -2.02. The van der Waals surface area contributed by atoms with Gasteiger partial charge in [0.05, 0.1) is 33.1 Å². The van der Waals surface area contributed by atoms with Crippen LogP contribution >= 0.6 is 23.2 Å². The second-order valence-corrected chi connectivity index (χ2v) is 5.75. The molecule has 0 aliphatic carbocycles. The average molecular weight is 316 g/mol. The van der Waals surface area contributed by atoms with Gasteiger partial charge in [0.1, 0.15) is 5.82 Å². The molecule has 5 heteroatoms. The fraction of sp³-hybridized carbons (Fsp3) is 0.125. The Morgan fingerprint density at radius 3 is 2.52 bits per heavy atom. The number of rotatable bonds is 2. The number of fused-ring (bicyclic) bond motifs is 1. The van der Waals surface area contributed by atoms with E-state index in [-0.39, 0.29) is 5.38 Å². The topological polar surface area (TPSA) is 41.6 Å². The Balaban J connectivity index is 2.33. The predicted octanol–water partition coefficient (Wildman–Crippen LogP) is 4.85. The molecule has 1 aromatic heterocycles. The lowest BCUT2D eigenvalue weighted by atomic mass is 10.2. The van der Waals surface area contributed by atoms with Gasteiger partial charge in [0, 0.05) is 5.69 Å². The zero-order valence-corrected chi connectivity index (χ0v) is 12.7.